The van der Waals surface area contributed by atoms with Gasteiger partial charge in [0.15, 0.2) is 0 Å². The van der Waals surface area contributed by atoms with Gasteiger partial charge in [-0.1, -0.05) is 13.8 Å². The van der Waals surface area contributed by atoms with Gasteiger partial charge in [0.05, 0.1) is 25.3 Å². The van der Waals surface area contributed by atoms with Gasteiger partial charge in [-0.05, 0) is 6.42 Å². The number of hydrogen-bond donors (Lipinski definition) is 1. The van der Waals surface area contributed by atoms with Gasteiger partial charge in [-0.3, -0.25) is 0 Å². The maximum absolute atomic E-state index is 11.2. The van der Waals surface area contributed by atoms with Crippen LogP contribution in [0.15, 0.2) is 15.3 Å². The van der Waals surface area contributed by atoms with Gasteiger partial charge in [0.2, 0.25) is 0 Å². The highest BCUT2D eigenvalue weighted by atomic mass is 16.5. The maximum Gasteiger partial charge on any atom is 0.339 e. The van der Waals surface area contributed by atoms with E-state index in [0.29, 0.717) is 17.1 Å². The monoisotopic (exact) mass is 212 g/mol. The molecule has 0 amide bonds. The predicted octanol–water partition coefficient (Wildman–Crippen LogP) is 1.65. The van der Waals surface area contributed by atoms with E-state index in [-0.39, 0.29) is 12.5 Å². The van der Waals surface area contributed by atoms with Gasteiger partial charge in [0.1, 0.15) is 11.5 Å². The minimum absolute atomic E-state index is 0.0925. The van der Waals surface area contributed by atoms with Crippen LogP contribution in [0.5, 0.6) is 5.75 Å². The van der Waals surface area contributed by atoms with Crippen molar-refractivity contribution >= 4 is 0 Å². The molecule has 0 saturated carbocycles. The molecular weight excluding hydrogens is 196 g/mol. The summed E-state index contributed by atoms with van der Waals surface area (Å²) in [5.41, 5.74) is 0.116. The van der Waals surface area contributed by atoms with Crippen LogP contribution in [-0.2, 0) is 6.61 Å². The number of aliphatic hydroxyl groups is 1. The molecule has 1 aromatic rings. The standard InChI is InChI=1S/C11H16O4/c1-4-7(2)11-8(6-12)9(14-3)5-10(13)15-11/h5,7,12H,4,6H2,1-3H3/t7-/m0/s1. The lowest BCUT2D eigenvalue weighted by molar-refractivity contribution is 0.260. The molecule has 0 aliphatic carbocycles. The highest BCUT2D eigenvalue weighted by Crippen LogP contribution is 2.27. The highest BCUT2D eigenvalue weighted by molar-refractivity contribution is 5.34. The van der Waals surface area contributed by atoms with E-state index in [9.17, 15) is 9.90 Å². The van der Waals surface area contributed by atoms with Crippen LogP contribution < -0.4 is 10.4 Å². The van der Waals surface area contributed by atoms with Crippen LogP contribution in [0, 0.1) is 0 Å². The summed E-state index contributed by atoms with van der Waals surface area (Å²) < 4.78 is 10.1. The first-order valence-electron chi connectivity index (χ1n) is 4.95. The van der Waals surface area contributed by atoms with Crippen LogP contribution in [0.4, 0.5) is 0 Å². The van der Waals surface area contributed by atoms with Crippen molar-refractivity contribution in [1.82, 2.24) is 0 Å². The fraction of sp³-hybridized carbons (Fsp3) is 0.545. The third-order valence-corrected chi connectivity index (χ3v) is 2.49. The molecular formula is C11H16O4. The summed E-state index contributed by atoms with van der Waals surface area (Å²) in [7, 11) is 1.47. The van der Waals surface area contributed by atoms with Crippen molar-refractivity contribution in [3.63, 3.8) is 0 Å². The summed E-state index contributed by atoms with van der Waals surface area (Å²) >= 11 is 0. The van der Waals surface area contributed by atoms with E-state index >= 15 is 0 Å². The Hall–Kier alpha value is -1.29. The minimum Gasteiger partial charge on any atom is -0.496 e. The fourth-order valence-electron chi connectivity index (χ4n) is 1.44. The van der Waals surface area contributed by atoms with Crippen LogP contribution in [-0.4, -0.2) is 12.2 Å². The third-order valence-electron chi connectivity index (χ3n) is 2.49. The molecule has 0 unspecified atom stereocenters. The summed E-state index contributed by atoms with van der Waals surface area (Å²) in [5.74, 6) is 1.00. The SMILES string of the molecule is CC[C@H](C)c1oc(=O)cc(OC)c1CO. The number of methoxy groups -OCH3 is 1. The second-order valence-corrected chi connectivity index (χ2v) is 3.44. The normalized spacial score (nSPS) is 12.5. The molecule has 84 valence electrons. The van der Waals surface area contributed by atoms with Gasteiger partial charge in [-0.15, -0.1) is 0 Å². The van der Waals surface area contributed by atoms with E-state index in [1.165, 1.54) is 13.2 Å². The van der Waals surface area contributed by atoms with Crippen LogP contribution in [0.25, 0.3) is 0 Å². The largest absolute Gasteiger partial charge is 0.496 e. The Morgan fingerprint density at radius 1 is 1.60 bits per heavy atom. The topological polar surface area (TPSA) is 59.7 Å². The summed E-state index contributed by atoms with van der Waals surface area (Å²) in [6.07, 6.45) is 0.836. The van der Waals surface area contributed by atoms with Gasteiger partial charge in [0, 0.05) is 5.92 Å². The summed E-state index contributed by atoms with van der Waals surface area (Å²) in [4.78, 5) is 11.2. The molecule has 0 aliphatic rings. The molecule has 1 atom stereocenters. The van der Waals surface area contributed by atoms with E-state index in [4.69, 9.17) is 9.15 Å². The van der Waals surface area contributed by atoms with E-state index in [1.807, 2.05) is 13.8 Å². The molecule has 0 saturated heterocycles. The van der Waals surface area contributed by atoms with Crippen LogP contribution in [0.3, 0.4) is 0 Å². The molecule has 15 heavy (non-hydrogen) atoms. The number of hydrogen-bond acceptors (Lipinski definition) is 4. The molecule has 0 fully saturated rings. The summed E-state index contributed by atoms with van der Waals surface area (Å²) in [6, 6.07) is 1.25. The van der Waals surface area contributed by atoms with Crippen molar-refractivity contribution in [2.45, 2.75) is 32.8 Å². The molecule has 0 radical (unpaired) electrons. The molecule has 1 aromatic heterocycles. The zero-order valence-corrected chi connectivity index (χ0v) is 9.24. The third kappa shape index (κ3) is 2.39. The van der Waals surface area contributed by atoms with Crippen molar-refractivity contribution in [2.75, 3.05) is 7.11 Å². The zero-order valence-electron chi connectivity index (χ0n) is 9.24. The van der Waals surface area contributed by atoms with Crippen LogP contribution >= 0.6 is 0 Å². The second kappa shape index (κ2) is 4.98. The average Bonchev–Trinajstić information content (AvgIpc) is 2.26. The van der Waals surface area contributed by atoms with Gasteiger partial charge in [-0.25, -0.2) is 4.79 Å². The molecule has 4 heteroatoms. The maximum atomic E-state index is 11.2. The lowest BCUT2D eigenvalue weighted by Crippen LogP contribution is -2.09. The molecule has 1 heterocycles. The summed E-state index contributed by atoms with van der Waals surface area (Å²) in [5, 5.41) is 9.22. The van der Waals surface area contributed by atoms with Crippen molar-refractivity contribution in [3.8, 4) is 5.75 Å². The first-order chi connectivity index (χ1) is 7.13. The van der Waals surface area contributed by atoms with Crippen molar-refractivity contribution in [3.05, 3.63) is 27.8 Å². The van der Waals surface area contributed by atoms with E-state index in [2.05, 4.69) is 0 Å². The van der Waals surface area contributed by atoms with E-state index < -0.39 is 5.63 Å². The van der Waals surface area contributed by atoms with Crippen molar-refractivity contribution < 1.29 is 14.3 Å². The molecule has 0 spiro atoms. The zero-order chi connectivity index (χ0) is 11.4. The number of aliphatic hydroxyl groups excluding tert-OH is 1. The minimum atomic E-state index is -0.445. The van der Waals surface area contributed by atoms with E-state index in [1.54, 1.807) is 0 Å². The Labute approximate surface area is 88.5 Å². The van der Waals surface area contributed by atoms with Gasteiger partial charge < -0.3 is 14.3 Å². The first-order valence-corrected chi connectivity index (χ1v) is 4.95. The molecule has 1 N–H and O–H groups in total. The van der Waals surface area contributed by atoms with Crippen LogP contribution in [0.1, 0.15) is 37.5 Å². The van der Waals surface area contributed by atoms with Crippen LogP contribution in [0.2, 0.25) is 0 Å². The lowest BCUT2D eigenvalue weighted by Gasteiger charge is -2.13. The van der Waals surface area contributed by atoms with Gasteiger partial charge in [0.25, 0.3) is 0 Å². The molecule has 4 nitrogen and oxygen atoms in total. The molecule has 0 aliphatic heterocycles. The Morgan fingerprint density at radius 2 is 2.27 bits per heavy atom. The second-order valence-electron chi connectivity index (χ2n) is 3.44. The van der Waals surface area contributed by atoms with Gasteiger partial charge >= 0.3 is 5.63 Å². The molecule has 1 rings (SSSR count). The van der Waals surface area contributed by atoms with Crippen molar-refractivity contribution in [2.24, 2.45) is 0 Å². The Bertz CT molecular complexity index is 381. The first kappa shape index (κ1) is 11.8. The Morgan fingerprint density at radius 3 is 2.73 bits per heavy atom. The van der Waals surface area contributed by atoms with Crippen molar-refractivity contribution in [1.29, 1.82) is 0 Å². The van der Waals surface area contributed by atoms with E-state index in [0.717, 1.165) is 6.42 Å². The van der Waals surface area contributed by atoms with Gasteiger partial charge in [-0.2, -0.15) is 0 Å². The molecule has 0 aromatic carbocycles. The Balaban J connectivity index is 3.35. The smallest absolute Gasteiger partial charge is 0.339 e. The average molecular weight is 212 g/mol. The number of ether oxygens (including phenoxy) is 1. The Kier molecular flexibility index (Phi) is 3.91. The fourth-order valence-corrected chi connectivity index (χ4v) is 1.44. The predicted molar refractivity (Wildman–Crippen MR) is 56.2 cm³/mol. The number of rotatable bonds is 4. The lowest BCUT2D eigenvalue weighted by atomic mass is 10.0. The highest BCUT2D eigenvalue weighted by Gasteiger charge is 2.17. The molecule has 0 bridgehead atoms. The quantitative estimate of drug-likeness (QED) is 0.824. The summed E-state index contributed by atoms with van der Waals surface area (Å²) in [6.45, 7) is 3.74.